The molecule has 20 heavy (non-hydrogen) atoms. The van der Waals surface area contributed by atoms with Gasteiger partial charge in [0.25, 0.3) is 5.91 Å². The largest absolute Gasteiger partial charge is 0.481 e. The molecule has 0 bridgehead atoms. The lowest BCUT2D eigenvalue weighted by Gasteiger charge is -2.32. The molecule has 0 atom stereocenters. The lowest BCUT2D eigenvalue weighted by Crippen LogP contribution is -2.38. The van der Waals surface area contributed by atoms with E-state index in [0.29, 0.717) is 36.7 Å². The van der Waals surface area contributed by atoms with Gasteiger partial charge in [0.05, 0.1) is 0 Å². The molecule has 0 aliphatic carbocycles. The van der Waals surface area contributed by atoms with E-state index in [0.717, 1.165) is 12.8 Å². The lowest BCUT2D eigenvalue weighted by atomic mass is 9.92. The number of nitrogens with two attached hydrogens (primary N) is 1. The van der Waals surface area contributed by atoms with Gasteiger partial charge in [0.15, 0.2) is 0 Å². The Morgan fingerprint density at radius 1 is 1.20 bits per heavy atom. The molecule has 0 radical (unpaired) electrons. The van der Waals surface area contributed by atoms with Gasteiger partial charge in [0.2, 0.25) is 0 Å². The molecule has 1 amide bonds. The minimum Gasteiger partial charge on any atom is -0.481 e. The Morgan fingerprint density at radius 3 is 2.35 bits per heavy atom. The first-order chi connectivity index (χ1) is 9.56. The molecule has 3 N–H and O–H groups in total. The highest BCUT2D eigenvalue weighted by molar-refractivity contribution is 5.94. The van der Waals surface area contributed by atoms with Crippen molar-refractivity contribution < 1.29 is 14.7 Å². The Kier molecular flexibility index (Phi) is 4.61. The van der Waals surface area contributed by atoms with E-state index in [4.69, 9.17) is 10.8 Å². The first-order valence-corrected chi connectivity index (χ1v) is 6.93. The number of rotatable bonds is 4. The molecule has 0 saturated carbocycles. The van der Waals surface area contributed by atoms with Gasteiger partial charge in [0, 0.05) is 30.8 Å². The van der Waals surface area contributed by atoms with Crippen molar-refractivity contribution in [2.24, 2.45) is 5.92 Å². The maximum absolute atomic E-state index is 12.3. The summed E-state index contributed by atoms with van der Waals surface area (Å²) < 4.78 is 0. The third-order valence-electron chi connectivity index (χ3n) is 3.83. The van der Waals surface area contributed by atoms with Crippen LogP contribution in [0.25, 0.3) is 0 Å². The predicted molar refractivity (Wildman–Crippen MR) is 76.4 cm³/mol. The number of nitrogen functional groups attached to an aromatic ring is 1. The number of nitrogens with zero attached hydrogens (tertiary/aromatic N) is 1. The van der Waals surface area contributed by atoms with E-state index < -0.39 is 5.97 Å². The van der Waals surface area contributed by atoms with Gasteiger partial charge < -0.3 is 15.7 Å². The number of hydrogen-bond acceptors (Lipinski definition) is 3. The second-order valence-electron chi connectivity index (χ2n) is 5.29. The van der Waals surface area contributed by atoms with Gasteiger partial charge in [-0.2, -0.15) is 0 Å². The summed E-state index contributed by atoms with van der Waals surface area (Å²) >= 11 is 0. The van der Waals surface area contributed by atoms with Crippen molar-refractivity contribution in [3.63, 3.8) is 0 Å². The number of carboxylic acid groups (broad SMARTS) is 1. The van der Waals surface area contributed by atoms with Gasteiger partial charge in [-0.25, -0.2) is 0 Å². The maximum atomic E-state index is 12.3. The summed E-state index contributed by atoms with van der Waals surface area (Å²) in [4.78, 5) is 24.7. The van der Waals surface area contributed by atoms with Crippen molar-refractivity contribution in [2.75, 3.05) is 18.8 Å². The molecule has 1 heterocycles. The van der Waals surface area contributed by atoms with Gasteiger partial charge in [-0.05, 0) is 49.4 Å². The number of piperidine rings is 1. The van der Waals surface area contributed by atoms with Crippen LogP contribution in [-0.2, 0) is 4.79 Å². The molecule has 1 saturated heterocycles. The number of carbonyl (C=O) groups excluding carboxylic acids is 1. The van der Waals surface area contributed by atoms with Crippen molar-refractivity contribution in [1.82, 2.24) is 4.90 Å². The zero-order valence-corrected chi connectivity index (χ0v) is 11.4. The summed E-state index contributed by atoms with van der Waals surface area (Å²) in [5.41, 5.74) is 6.91. The first-order valence-electron chi connectivity index (χ1n) is 6.93. The third-order valence-corrected chi connectivity index (χ3v) is 3.83. The Morgan fingerprint density at radius 2 is 1.80 bits per heavy atom. The molecule has 5 nitrogen and oxygen atoms in total. The van der Waals surface area contributed by atoms with E-state index >= 15 is 0 Å². The molecule has 108 valence electrons. The van der Waals surface area contributed by atoms with Crippen LogP contribution in [0.1, 0.15) is 36.0 Å². The Hall–Kier alpha value is -2.04. The van der Waals surface area contributed by atoms with Crippen LogP contribution < -0.4 is 5.73 Å². The molecule has 1 aromatic carbocycles. The second kappa shape index (κ2) is 6.41. The zero-order chi connectivity index (χ0) is 14.5. The molecule has 5 heteroatoms. The quantitative estimate of drug-likeness (QED) is 0.824. The summed E-state index contributed by atoms with van der Waals surface area (Å²) in [5.74, 6) is -0.298. The van der Waals surface area contributed by atoms with Gasteiger partial charge in [-0.1, -0.05) is 0 Å². The van der Waals surface area contributed by atoms with E-state index in [-0.39, 0.29) is 12.3 Å². The average molecular weight is 276 g/mol. The van der Waals surface area contributed by atoms with Crippen LogP contribution in [0, 0.1) is 5.92 Å². The normalized spacial score (nSPS) is 16.1. The Balaban J connectivity index is 1.85. The van der Waals surface area contributed by atoms with Crippen molar-refractivity contribution in [3.05, 3.63) is 29.8 Å². The van der Waals surface area contributed by atoms with E-state index in [9.17, 15) is 9.59 Å². The Bertz CT molecular complexity index is 476. The number of amides is 1. The van der Waals surface area contributed by atoms with E-state index in [1.165, 1.54) is 0 Å². The van der Waals surface area contributed by atoms with Gasteiger partial charge in [-0.3, -0.25) is 9.59 Å². The van der Waals surface area contributed by atoms with Crippen molar-refractivity contribution in [1.29, 1.82) is 0 Å². The van der Waals surface area contributed by atoms with Crippen molar-refractivity contribution in [3.8, 4) is 0 Å². The average Bonchev–Trinajstić information content (AvgIpc) is 2.46. The SMILES string of the molecule is Nc1ccc(C(=O)N2CCC(CCC(=O)O)CC2)cc1. The number of carboxylic acids is 1. The summed E-state index contributed by atoms with van der Waals surface area (Å²) in [7, 11) is 0. The van der Waals surface area contributed by atoms with Gasteiger partial charge in [-0.15, -0.1) is 0 Å². The molecule has 1 aromatic rings. The minimum atomic E-state index is -0.745. The molecule has 0 unspecified atom stereocenters. The van der Waals surface area contributed by atoms with Crippen molar-refractivity contribution in [2.45, 2.75) is 25.7 Å². The number of anilines is 1. The molecule has 0 aromatic heterocycles. The summed E-state index contributed by atoms with van der Waals surface area (Å²) in [6, 6.07) is 6.95. The van der Waals surface area contributed by atoms with Crippen LogP contribution in [0.5, 0.6) is 0 Å². The fourth-order valence-electron chi connectivity index (χ4n) is 2.56. The molecule has 1 fully saturated rings. The summed E-state index contributed by atoms with van der Waals surface area (Å²) in [6.07, 6.45) is 2.69. The predicted octanol–water partition coefficient (Wildman–Crippen LogP) is 1.99. The second-order valence-corrected chi connectivity index (χ2v) is 5.29. The number of hydrogen-bond donors (Lipinski definition) is 2. The first kappa shape index (κ1) is 14.4. The highest BCUT2D eigenvalue weighted by Gasteiger charge is 2.23. The highest BCUT2D eigenvalue weighted by Crippen LogP contribution is 2.23. The lowest BCUT2D eigenvalue weighted by molar-refractivity contribution is -0.137. The maximum Gasteiger partial charge on any atom is 0.303 e. The number of carbonyl (C=O) groups is 2. The van der Waals surface area contributed by atoms with Crippen LogP contribution >= 0.6 is 0 Å². The zero-order valence-electron chi connectivity index (χ0n) is 11.4. The highest BCUT2D eigenvalue weighted by atomic mass is 16.4. The third kappa shape index (κ3) is 3.73. The monoisotopic (exact) mass is 276 g/mol. The van der Waals surface area contributed by atoms with Crippen LogP contribution in [0.2, 0.25) is 0 Å². The number of likely N-dealkylation sites (tertiary alicyclic amines) is 1. The Labute approximate surface area is 118 Å². The molecule has 0 spiro atoms. The molecule has 2 rings (SSSR count). The minimum absolute atomic E-state index is 0.0293. The number of aliphatic carboxylic acids is 1. The summed E-state index contributed by atoms with van der Waals surface area (Å²) in [5, 5.41) is 8.68. The van der Waals surface area contributed by atoms with E-state index in [1.54, 1.807) is 24.3 Å². The van der Waals surface area contributed by atoms with E-state index in [2.05, 4.69) is 0 Å². The molecular weight excluding hydrogens is 256 g/mol. The van der Waals surface area contributed by atoms with Crippen LogP contribution in [0.15, 0.2) is 24.3 Å². The molecule has 1 aliphatic heterocycles. The standard InChI is InChI=1S/C15H20N2O3/c16-13-4-2-12(3-5-13)15(20)17-9-7-11(8-10-17)1-6-14(18)19/h2-5,11H,1,6-10,16H2,(H,18,19). The molecule has 1 aliphatic rings. The van der Waals surface area contributed by atoms with Crippen LogP contribution in [-0.4, -0.2) is 35.0 Å². The van der Waals surface area contributed by atoms with Gasteiger partial charge in [0.1, 0.15) is 0 Å². The fraction of sp³-hybridized carbons (Fsp3) is 0.467. The topological polar surface area (TPSA) is 83.6 Å². The number of benzene rings is 1. The van der Waals surface area contributed by atoms with E-state index in [1.807, 2.05) is 4.90 Å². The van der Waals surface area contributed by atoms with Gasteiger partial charge >= 0.3 is 5.97 Å². The fourth-order valence-corrected chi connectivity index (χ4v) is 2.56. The van der Waals surface area contributed by atoms with Crippen molar-refractivity contribution >= 4 is 17.6 Å². The summed E-state index contributed by atoms with van der Waals surface area (Å²) in [6.45, 7) is 1.40. The van der Waals surface area contributed by atoms with Crippen LogP contribution in [0.3, 0.4) is 0 Å². The van der Waals surface area contributed by atoms with Crippen LogP contribution in [0.4, 0.5) is 5.69 Å². The smallest absolute Gasteiger partial charge is 0.303 e. The molecular formula is C15H20N2O3.